The van der Waals surface area contributed by atoms with Crippen LogP contribution in [0.1, 0.15) is 20.7 Å². The molecule has 0 fully saturated rings. The standard InChI is InChI=1S/C15H11N3O3S/c1-21-15(20)10-4-7-22-14(10)18-13(19)9-2-3-11-12(8-9)17-6-5-16-11/h2-8H,1H3,(H,18,19). The lowest BCUT2D eigenvalue weighted by atomic mass is 10.2. The number of benzene rings is 1. The second kappa shape index (κ2) is 5.90. The summed E-state index contributed by atoms with van der Waals surface area (Å²) in [5.74, 6) is -0.805. The van der Waals surface area contributed by atoms with Crippen LogP contribution in [0.2, 0.25) is 0 Å². The lowest BCUT2D eigenvalue weighted by Gasteiger charge is -2.06. The van der Waals surface area contributed by atoms with Gasteiger partial charge in [-0.05, 0) is 29.6 Å². The SMILES string of the molecule is COC(=O)c1ccsc1NC(=O)c1ccc2nccnc2c1. The highest BCUT2D eigenvalue weighted by Gasteiger charge is 2.16. The molecule has 0 aliphatic carbocycles. The van der Waals surface area contributed by atoms with Gasteiger partial charge in [0, 0.05) is 18.0 Å². The minimum atomic E-state index is -0.485. The zero-order chi connectivity index (χ0) is 15.5. The van der Waals surface area contributed by atoms with Crippen LogP contribution in [0.15, 0.2) is 42.0 Å². The van der Waals surface area contributed by atoms with Crippen molar-refractivity contribution in [3.63, 3.8) is 0 Å². The third kappa shape index (κ3) is 2.66. The molecular formula is C15H11N3O3S. The molecule has 0 aliphatic rings. The fourth-order valence-electron chi connectivity index (χ4n) is 1.96. The zero-order valence-corrected chi connectivity index (χ0v) is 12.4. The van der Waals surface area contributed by atoms with Gasteiger partial charge < -0.3 is 10.1 Å². The fourth-order valence-corrected chi connectivity index (χ4v) is 2.73. The molecule has 0 saturated heterocycles. The van der Waals surface area contributed by atoms with E-state index in [-0.39, 0.29) is 5.91 Å². The maximum absolute atomic E-state index is 12.3. The summed E-state index contributed by atoms with van der Waals surface area (Å²) in [7, 11) is 1.30. The number of aromatic nitrogens is 2. The summed E-state index contributed by atoms with van der Waals surface area (Å²) in [5, 5.41) is 4.89. The van der Waals surface area contributed by atoms with E-state index < -0.39 is 5.97 Å². The number of methoxy groups -OCH3 is 1. The topological polar surface area (TPSA) is 81.2 Å². The van der Waals surface area contributed by atoms with Crippen LogP contribution in [0.25, 0.3) is 11.0 Å². The van der Waals surface area contributed by atoms with E-state index in [2.05, 4.69) is 20.0 Å². The van der Waals surface area contributed by atoms with Crippen LogP contribution in [-0.2, 0) is 4.74 Å². The average Bonchev–Trinajstić information content (AvgIpc) is 3.01. The molecule has 7 heteroatoms. The van der Waals surface area contributed by atoms with Crippen molar-refractivity contribution in [2.75, 3.05) is 12.4 Å². The van der Waals surface area contributed by atoms with Crippen molar-refractivity contribution >= 4 is 39.2 Å². The van der Waals surface area contributed by atoms with E-state index in [1.54, 1.807) is 42.0 Å². The molecule has 1 aromatic carbocycles. The lowest BCUT2D eigenvalue weighted by molar-refractivity contribution is 0.0602. The molecule has 3 aromatic rings. The van der Waals surface area contributed by atoms with Crippen molar-refractivity contribution in [3.05, 3.63) is 53.2 Å². The number of rotatable bonds is 3. The van der Waals surface area contributed by atoms with Crippen LogP contribution < -0.4 is 5.32 Å². The van der Waals surface area contributed by atoms with Crippen molar-refractivity contribution in [1.82, 2.24) is 9.97 Å². The number of esters is 1. The van der Waals surface area contributed by atoms with Gasteiger partial charge in [0.15, 0.2) is 0 Å². The Labute approximate surface area is 129 Å². The van der Waals surface area contributed by atoms with E-state index in [1.807, 2.05) is 0 Å². The summed E-state index contributed by atoms with van der Waals surface area (Å²) >= 11 is 1.26. The van der Waals surface area contributed by atoms with Gasteiger partial charge in [0.2, 0.25) is 0 Å². The molecule has 1 N–H and O–H groups in total. The van der Waals surface area contributed by atoms with Crippen LogP contribution in [-0.4, -0.2) is 29.0 Å². The monoisotopic (exact) mass is 313 g/mol. The van der Waals surface area contributed by atoms with Gasteiger partial charge in [0.1, 0.15) is 5.00 Å². The summed E-state index contributed by atoms with van der Waals surface area (Å²) in [6.07, 6.45) is 3.16. The molecule has 22 heavy (non-hydrogen) atoms. The molecule has 110 valence electrons. The molecule has 2 aromatic heterocycles. The van der Waals surface area contributed by atoms with Gasteiger partial charge in [-0.25, -0.2) is 4.79 Å². The highest BCUT2D eigenvalue weighted by Crippen LogP contribution is 2.24. The Kier molecular flexibility index (Phi) is 3.80. The molecule has 0 unspecified atom stereocenters. The van der Waals surface area contributed by atoms with E-state index in [1.165, 1.54) is 18.4 Å². The maximum atomic E-state index is 12.3. The molecule has 6 nitrogen and oxygen atoms in total. The first-order valence-corrected chi connectivity index (χ1v) is 7.25. The molecular weight excluding hydrogens is 302 g/mol. The number of hydrogen-bond acceptors (Lipinski definition) is 6. The smallest absolute Gasteiger partial charge is 0.340 e. The number of anilines is 1. The molecule has 0 aliphatic heterocycles. The number of carbonyl (C=O) groups is 2. The fraction of sp³-hybridized carbons (Fsp3) is 0.0667. The number of hydrogen-bond donors (Lipinski definition) is 1. The number of amides is 1. The first-order valence-electron chi connectivity index (χ1n) is 6.37. The Hall–Kier alpha value is -2.80. The Morgan fingerprint density at radius 2 is 1.91 bits per heavy atom. The average molecular weight is 313 g/mol. The lowest BCUT2D eigenvalue weighted by Crippen LogP contribution is -2.13. The molecule has 3 rings (SSSR count). The van der Waals surface area contributed by atoms with Gasteiger partial charge in [0.05, 0.1) is 23.7 Å². The van der Waals surface area contributed by atoms with Gasteiger partial charge in [-0.2, -0.15) is 0 Å². The predicted molar refractivity (Wildman–Crippen MR) is 83.1 cm³/mol. The van der Waals surface area contributed by atoms with E-state index in [0.29, 0.717) is 27.2 Å². The quantitative estimate of drug-likeness (QED) is 0.752. The normalized spacial score (nSPS) is 10.4. The number of thiophene rings is 1. The summed E-state index contributed by atoms with van der Waals surface area (Å²) in [5.41, 5.74) is 2.12. The van der Waals surface area contributed by atoms with Gasteiger partial charge in [-0.3, -0.25) is 14.8 Å². The molecule has 0 radical (unpaired) electrons. The van der Waals surface area contributed by atoms with Crippen molar-refractivity contribution < 1.29 is 14.3 Å². The summed E-state index contributed by atoms with van der Waals surface area (Å²) in [4.78, 5) is 32.2. The highest BCUT2D eigenvalue weighted by atomic mass is 32.1. The summed E-state index contributed by atoms with van der Waals surface area (Å²) < 4.78 is 4.68. The maximum Gasteiger partial charge on any atom is 0.340 e. The Balaban J connectivity index is 1.87. The minimum Gasteiger partial charge on any atom is -0.465 e. The van der Waals surface area contributed by atoms with Crippen LogP contribution in [0, 0.1) is 0 Å². The van der Waals surface area contributed by atoms with Crippen LogP contribution in [0.3, 0.4) is 0 Å². The molecule has 0 bridgehead atoms. The molecule has 0 saturated carbocycles. The second-order valence-electron chi connectivity index (χ2n) is 4.37. The number of ether oxygens (including phenoxy) is 1. The Morgan fingerprint density at radius 3 is 2.68 bits per heavy atom. The van der Waals surface area contributed by atoms with Gasteiger partial charge >= 0.3 is 5.97 Å². The highest BCUT2D eigenvalue weighted by molar-refractivity contribution is 7.14. The predicted octanol–water partition coefficient (Wildman–Crippen LogP) is 2.73. The number of nitrogens with one attached hydrogen (secondary N) is 1. The molecule has 0 spiro atoms. The van der Waals surface area contributed by atoms with Gasteiger partial charge in [-0.15, -0.1) is 11.3 Å². The summed E-state index contributed by atoms with van der Waals surface area (Å²) in [6.45, 7) is 0. The van der Waals surface area contributed by atoms with E-state index in [9.17, 15) is 9.59 Å². The van der Waals surface area contributed by atoms with Crippen LogP contribution >= 0.6 is 11.3 Å². The number of fused-ring (bicyclic) bond motifs is 1. The van der Waals surface area contributed by atoms with Crippen LogP contribution in [0.5, 0.6) is 0 Å². The van der Waals surface area contributed by atoms with E-state index in [0.717, 1.165) is 0 Å². The van der Waals surface area contributed by atoms with Crippen molar-refractivity contribution in [3.8, 4) is 0 Å². The third-order valence-corrected chi connectivity index (χ3v) is 3.86. The van der Waals surface area contributed by atoms with Crippen LogP contribution in [0.4, 0.5) is 5.00 Å². The van der Waals surface area contributed by atoms with E-state index >= 15 is 0 Å². The van der Waals surface area contributed by atoms with E-state index in [4.69, 9.17) is 0 Å². The van der Waals surface area contributed by atoms with Crippen molar-refractivity contribution in [2.24, 2.45) is 0 Å². The second-order valence-corrected chi connectivity index (χ2v) is 5.29. The Morgan fingerprint density at radius 1 is 1.14 bits per heavy atom. The molecule has 1 amide bonds. The zero-order valence-electron chi connectivity index (χ0n) is 11.6. The first kappa shape index (κ1) is 14.2. The van der Waals surface area contributed by atoms with Gasteiger partial charge in [-0.1, -0.05) is 0 Å². The summed E-state index contributed by atoms with van der Waals surface area (Å²) in [6, 6.07) is 6.66. The molecule has 0 atom stereocenters. The number of nitrogens with zero attached hydrogens (tertiary/aromatic N) is 2. The minimum absolute atomic E-state index is 0.319. The van der Waals surface area contributed by atoms with Crippen molar-refractivity contribution in [1.29, 1.82) is 0 Å². The largest absolute Gasteiger partial charge is 0.465 e. The number of carbonyl (C=O) groups excluding carboxylic acids is 2. The molecule has 2 heterocycles. The first-order chi connectivity index (χ1) is 10.7. The Bertz CT molecular complexity index is 860. The van der Waals surface area contributed by atoms with Gasteiger partial charge in [0.25, 0.3) is 5.91 Å². The third-order valence-electron chi connectivity index (χ3n) is 3.03. The van der Waals surface area contributed by atoms with Crippen molar-refractivity contribution in [2.45, 2.75) is 0 Å².